The Balaban J connectivity index is 1.79. The zero-order valence-corrected chi connectivity index (χ0v) is 13.7. The predicted molar refractivity (Wildman–Crippen MR) is 87.6 cm³/mol. The van der Waals surface area contributed by atoms with Crippen LogP contribution in [0.15, 0.2) is 11.6 Å². The number of nitrogens with zero attached hydrogens (tertiary/aromatic N) is 5. The van der Waals surface area contributed by atoms with Gasteiger partial charge in [-0.05, 0) is 19.8 Å². The maximum Gasteiger partial charge on any atom is 0.236 e. The van der Waals surface area contributed by atoms with E-state index in [0.29, 0.717) is 17.5 Å². The number of piperidine rings is 1. The van der Waals surface area contributed by atoms with Gasteiger partial charge in [-0.2, -0.15) is 0 Å². The highest BCUT2D eigenvalue weighted by Gasteiger charge is 2.26. The number of carbonyl (C=O) groups is 1. The van der Waals surface area contributed by atoms with E-state index in [1.807, 2.05) is 13.0 Å². The molecule has 1 aliphatic rings. The summed E-state index contributed by atoms with van der Waals surface area (Å²) in [6.07, 6.45) is 1.91. The molecular weight excluding hydrogens is 314 g/mol. The number of carbonyl (C=O) groups excluding carboxylic acids is 1. The Hall–Kier alpha value is -2.13. The lowest BCUT2D eigenvalue weighted by Crippen LogP contribution is -2.42. The first-order valence-electron chi connectivity index (χ1n) is 7.52. The summed E-state index contributed by atoms with van der Waals surface area (Å²) >= 11 is 1.41. The number of aryl methyl sites for hydroxylation is 1. The lowest BCUT2D eigenvalue weighted by Gasteiger charge is -2.32. The molecule has 9 heteroatoms. The van der Waals surface area contributed by atoms with Gasteiger partial charge in [-0.15, -0.1) is 10.2 Å². The van der Waals surface area contributed by atoms with Crippen molar-refractivity contribution in [1.82, 2.24) is 25.1 Å². The molecule has 1 atom stereocenters. The van der Waals surface area contributed by atoms with Crippen molar-refractivity contribution in [3.63, 3.8) is 0 Å². The number of nitrogens with one attached hydrogen (secondary N) is 1. The van der Waals surface area contributed by atoms with Crippen molar-refractivity contribution < 1.29 is 4.79 Å². The third-order valence-corrected chi connectivity index (χ3v) is 4.39. The monoisotopic (exact) mass is 333 g/mol. The Labute approximate surface area is 138 Å². The van der Waals surface area contributed by atoms with Gasteiger partial charge in [-0.3, -0.25) is 4.79 Å². The number of amides is 1. The molecule has 0 radical (unpaired) electrons. The highest BCUT2D eigenvalue weighted by molar-refractivity contribution is 7.13. The van der Waals surface area contributed by atoms with Crippen molar-refractivity contribution in [2.75, 3.05) is 25.0 Å². The van der Waals surface area contributed by atoms with Gasteiger partial charge in [0.2, 0.25) is 11.0 Å². The third-order valence-electron chi connectivity index (χ3n) is 3.78. The van der Waals surface area contributed by atoms with Crippen LogP contribution in [-0.4, -0.2) is 50.6 Å². The zero-order valence-electron chi connectivity index (χ0n) is 12.9. The van der Waals surface area contributed by atoms with Gasteiger partial charge in [0, 0.05) is 30.8 Å². The van der Waals surface area contributed by atoms with Gasteiger partial charge in [-0.1, -0.05) is 11.3 Å². The van der Waals surface area contributed by atoms with E-state index in [-0.39, 0.29) is 18.4 Å². The van der Waals surface area contributed by atoms with Crippen LogP contribution in [0.4, 0.5) is 10.9 Å². The molecule has 1 fully saturated rings. The van der Waals surface area contributed by atoms with Crippen LogP contribution in [0, 0.1) is 6.92 Å². The van der Waals surface area contributed by atoms with E-state index in [4.69, 9.17) is 5.73 Å². The molecule has 122 valence electrons. The largest absolute Gasteiger partial charge is 0.341 e. The summed E-state index contributed by atoms with van der Waals surface area (Å²) in [4.78, 5) is 22.8. The van der Waals surface area contributed by atoms with Crippen LogP contribution in [0.1, 0.15) is 30.3 Å². The molecule has 3 N–H and O–H groups in total. The third kappa shape index (κ3) is 3.80. The SMILES string of the molecule is Cc1cc(Nc2nncs2)nc([C@@H]2CCCN(C(=O)CN)C2)n1. The number of likely N-dealkylation sites (tertiary alicyclic amines) is 1. The van der Waals surface area contributed by atoms with E-state index in [1.165, 1.54) is 11.3 Å². The van der Waals surface area contributed by atoms with E-state index in [9.17, 15) is 4.79 Å². The molecule has 0 saturated carbocycles. The summed E-state index contributed by atoms with van der Waals surface area (Å²) in [7, 11) is 0. The van der Waals surface area contributed by atoms with E-state index < -0.39 is 0 Å². The average Bonchev–Trinajstić information content (AvgIpc) is 3.06. The molecule has 0 bridgehead atoms. The van der Waals surface area contributed by atoms with Crippen molar-refractivity contribution in [1.29, 1.82) is 0 Å². The Morgan fingerprint density at radius 2 is 2.39 bits per heavy atom. The van der Waals surface area contributed by atoms with Crippen LogP contribution >= 0.6 is 11.3 Å². The van der Waals surface area contributed by atoms with Crippen molar-refractivity contribution in [2.24, 2.45) is 5.73 Å². The lowest BCUT2D eigenvalue weighted by molar-refractivity contribution is -0.130. The minimum Gasteiger partial charge on any atom is -0.341 e. The zero-order chi connectivity index (χ0) is 16.2. The normalized spacial score (nSPS) is 18.0. The highest BCUT2D eigenvalue weighted by Crippen LogP contribution is 2.26. The standard InChI is InChI=1S/C14H19N7OS/c1-9-5-11(19-14-20-16-8-23-14)18-13(17-9)10-3-2-4-21(7-10)12(22)6-15/h5,8,10H,2-4,6-7,15H2,1H3,(H,17,18,19,20)/t10-/m1/s1. The smallest absolute Gasteiger partial charge is 0.236 e. The number of aromatic nitrogens is 4. The highest BCUT2D eigenvalue weighted by atomic mass is 32.1. The van der Waals surface area contributed by atoms with Crippen LogP contribution < -0.4 is 11.1 Å². The van der Waals surface area contributed by atoms with Gasteiger partial charge in [0.1, 0.15) is 17.2 Å². The summed E-state index contributed by atoms with van der Waals surface area (Å²) in [6, 6.07) is 1.87. The fourth-order valence-electron chi connectivity index (χ4n) is 2.72. The first-order chi connectivity index (χ1) is 11.2. The minimum absolute atomic E-state index is 0.0189. The second-order valence-electron chi connectivity index (χ2n) is 5.50. The molecule has 1 saturated heterocycles. The van der Waals surface area contributed by atoms with Gasteiger partial charge in [-0.25, -0.2) is 9.97 Å². The van der Waals surface area contributed by atoms with Crippen molar-refractivity contribution in [3.8, 4) is 0 Å². The van der Waals surface area contributed by atoms with E-state index in [0.717, 1.165) is 30.9 Å². The topological polar surface area (TPSA) is 110 Å². The molecule has 3 rings (SSSR count). The molecule has 0 spiro atoms. The summed E-state index contributed by atoms with van der Waals surface area (Å²) in [5.41, 5.74) is 8.01. The summed E-state index contributed by atoms with van der Waals surface area (Å²) in [5.74, 6) is 1.57. The van der Waals surface area contributed by atoms with Gasteiger partial charge < -0.3 is 16.0 Å². The van der Waals surface area contributed by atoms with Crippen molar-refractivity contribution in [3.05, 3.63) is 23.1 Å². The molecule has 23 heavy (non-hydrogen) atoms. The van der Waals surface area contributed by atoms with Gasteiger partial charge in [0.15, 0.2) is 0 Å². The second kappa shape index (κ2) is 6.97. The molecule has 1 aliphatic heterocycles. The van der Waals surface area contributed by atoms with Gasteiger partial charge in [0.05, 0.1) is 6.54 Å². The maximum atomic E-state index is 11.8. The van der Waals surface area contributed by atoms with Gasteiger partial charge >= 0.3 is 0 Å². The Morgan fingerprint density at radius 3 is 3.13 bits per heavy atom. The first kappa shape index (κ1) is 15.8. The Kier molecular flexibility index (Phi) is 4.77. The molecule has 3 heterocycles. The molecule has 2 aromatic rings. The number of hydrogen-bond acceptors (Lipinski definition) is 8. The summed E-state index contributed by atoms with van der Waals surface area (Å²) < 4.78 is 0. The molecule has 1 amide bonds. The molecule has 0 unspecified atom stereocenters. The molecule has 0 aromatic carbocycles. The van der Waals surface area contributed by atoms with Crippen LogP contribution in [0.25, 0.3) is 0 Å². The van der Waals surface area contributed by atoms with Crippen molar-refractivity contribution >= 4 is 28.2 Å². The maximum absolute atomic E-state index is 11.8. The quantitative estimate of drug-likeness (QED) is 0.860. The van der Waals surface area contributed by atoms with Crippen LogP contribution in [-0.2, 0) is 4.79 Å². The fraction of sp³-hybridized carbons (Fsp3) is 0.500. The van der Waals surface area contributed by atoms with E-state index in [2.05, 4.69) is 25.5 Å². The lowest BCUT2D eigenvalue weighted by atomic mass is 9.97. The van der Waals surface area contributed by atoms with Crippen LogP contribution in [0.5, 0.6) is 0 Å². The minimum atomic E-state index is -0.0189. The number of nitrogens with two attached hydrogens (primary N) is 1. The first-order valence-corrected chi connectivity index (χ1v) is 8.40. The number of rotatable bonds is 4. The van der Waals surface area contributed by atoms with Gasteiger partial charge in [0.25, 0.3) is 0 Å². The van der Waals surface area contributed by atoms with Crippen LogP contribution in [0.3, 0.4) is 0 Å². The Bertz CT molecular complexity index is 676. The predicted octanol–water partition coefficient (Wildman–Crippen LogP) is 1.04. The molecule has 8 nitrogen and oxygen atoms in total. The van der Waals surface area contributed by atoms with E-state index in [1.54, 1.807) is 10.4 Å². The molecule has 0 aliphatic carbocycles. The van der Waals surface area contributed by atoms with Crippen molar-refractivity contribution in [2.45, 2.75) is 25.7 Å². The second-order valence-corrected chi connectivity index (χ2v) is 6.34. The average molecular weight is 333 g/mol. The molecule has 2 aromatic heterocycles. The summed E-state index contributed by atoms with van der Waals surface area (Å²) in [5, 5.41) is 11.6. The van der Waals surface area contributed by atoms with Crippen LogP contribution in [0.2, 0.25) is 0 Å². The summed E-state index contributed by atoms with van der Waals surface area (Å²) in [6.45, 7) is 3.36. The fourth-order valence-corrected chi connectivity index (χ4v) is 3.17. The van der Waals surface area contributed by atoms with E-state index >= 15 is 0 Å². The molecular formula is C14H19N7OS. The number of anilines is 2. The Morgan fingerprint density at radius 1 is 1.52 bits per heavy atom. The number of hydrogen-bond donors (Lipinski definition) is 2.